The van der Waals surface area contributed by atoms with Gasteiger partial charge in [-0.3, -0.25) is 19.6 Å². The highest BCUT2D eigenvalue weighted by atomic mass is 35.5. The molecule has 0 atom stereocenters. The van der Waals surface area contributed by atoms with Crippen molar-refractivity contribution in [1.29, 1.82) is 0 Å². The summed E-state index contributed by atoms with van der Waals surface area (Å²) in [6, 6.07) is 8.69. The second kappa shape index (κ2) is 13.5. The summed E-state index contributed by atoms with van der Waals surface area (Å²) in [5, 5.41) is 7.32. The average Bonchev–Trinajstić information content (AvgIpc) is 2.96. The molecular formula is C27H23ClF3N5O5S. The van der Waals surface area contributed by atoms with E-state index in [1.165, 1.54) is 31.8 Å². The van der Waals surface area contributed by atoms with Crippen LogP contribution in [-0.4, -0.2) is 46.1 Å². The van der Waals surface area contributed by atoms with E-state index in [1.807, 2.05) is 0 Å². The van der Waals surface area contributed by atoms with Crippen LogP contribution in [0.25, 0.3) is 0 Å². The summed E-state index contributed by atoms with van der Waals surface area (Å²) in [7, 11) is 1.43. The van der Waals surface area contributed by atoms with E-state index in [4.69, 9.17) is 38.1 Å². The van der Waals surface area contributed by atoms with Crippen molar-refractivity contribution >= 4 is 46.9 Å². The van der Waals surface area contributed by atoms with Crippen LogP contribution >= 0.6 is 23.8 Å². The third kappa shape index (κ3) is 7.06. The lowest BCUT2D eigenvalue weighted by molar-refractivity contribution is -0.184. The molecule has 42 heavy (non-hydrogen) atoms. The van der Waals surface area contributed by atoms with Gasteiger partial charge in [0.05, 0.1) is 47.4 Å². The summed E-state index contributed by atoms with van der Waals surface area (Å²) in [6.45, 7) is -0.173. The molecule has 1 aliphatic rings. The lowest BCUT2D eigenvalue weighted by Crippen LogP contribution is -2.42. The predicted octanol–water partition coefficient (Wildman–Crippen LogP) is 4.84. The zero-order valence-electron chi connectivity index (χ0n) is 21.9. The number of hydrogen-bond acceptors (Lipinski definition) is 9. The average molecular weight is 622 g/mol. The summed E-state index contributed by atoms with van der Waals surface area (Å²) in [6.07, 6.45) is -0.253. The highest BCUT2D eigenvalue weighted by molar-refractivity contribution is 7.81. The normalized spacial score (nSPS) is 13.5. The van der Waals surface area contributed by atoms with E-state index in [1.54, 1.807) is 24.3 Å². The molecule has 1 amide bonds. The monoisotopic (exact) mass is 621 g/mol. The van der Waals surface area contributed by atoms with Crippen LogP contribution in [0.2, 0.25) is 5.02 Å². The Balaban J connectivity index is 1.57. The van der Waals surface area contributed by atoms with Gasteiger partial charge in [-0.05, 0) is 30.3 Å². The largest absolute Gasteiger partial charge is 0.493 e. The molecule has 3 aromatic rings. The zero-order chi connectivity index (χ0) is 30.3. The summed E-state index contributed by atoms with van der Waals surface area (Å²) < 4.78 is 51.2. The first-order chi connectivity index (χ1) is 20.1. The lowest BCUT2D eigenvalue weighted by atomic mass is 10.1. The molecule has 15 heteroatoms. The summed E-state index contributed by atoms with van der Waals surface area (Å²) in [5.41, 5.74) is 0.217. The topological polar surface area (TPSA) is 115 Å². The van der Waals surface area contributed by atoms with Crippen LogP contribution in [0.3, 0.4) is 0 Å². The van der Waals surface area contributed by atoms with Crippen molar-refractivity contribution in [3.8, 4) is 11.5 Å². The van der Waals surface area contributed by atoms with Gasteiger partial charge in [-0.1, -0.05) is 29.9 Å². The van der Waals surface area contributed by atoms with Crippen LogP contribution < -0.4 is 20.1 Å². The van der Waals surface area contributed by atoms with Gasteiger partial charge in [0.1, 0.15) is 17.3 Å². The molecule has 10 nitrogen and oxygen atoms in total. The Hall–Kier alpha value is -4.43. The number of hydroxylamine groups is 2. The number of alkyl halides is 3. The summed E-state index contributed by atoms with van der Waals surface area (Å²) >= 11 is 11.8. The van der Waals surface area contributed by atoms with Gasteiger partial charge in [0.2, 0.25) is 0 Å². The van der Waals surface area contributed by atoms with Gasteiger partial charge in [-0.2, -0.15) is 18.2 Å². The first-order valence-electron chi connectivity index (χ1n) is 12.2. The smallest absolute Gasteiger partial charge is 0.418 e. The van der Waals surface area contributed by atoms with Gasteiger partial charge in [0, 0.05) is 36.6 Å². The fourth-order valence-corrected chi connectivity index (χ4v) is 4.67. The van der Waals surface area contributed by atoms with E-state index in [-0.39, 0.29) is 48.0 Å². The number of thiocarbonyl (C=S) groups is 1. The number of rotatable bonds is 11. The molecule has 220 valence electrons. The number of hydrogen-bond donors (Lipinski definition) is 2. The molecule has 0 fully saturated rings. The highest BCUT2D eigenvalue weighted by Crippen LogP contribution is 2.34. The molecule has 0 unspecified atom stereocenters. The number of anilines is 1. The van der Waals surface area contributed by atoms with Crippen LogP contribution in [-0.2, 0) is 33.8 Å². The molecule has 2 aromatic heterocycles. The second-order valence-electron chi connectivity index (χ2n) is 8.61. The molecule has 0 saturated carbocycles. The maximum atomic E-state index is 13.4. The number of aromatic nitrogens is 2. The number of nitrogens with zero attached hydrogens (tertiary/aromatic N) is 3. The van der Waals surface area contributed by atoms with Crippen molar-refractivity contribution in [1.82, 2.24) is 20.3 Å². The minimum atomic E-state index is -4.59. The van der Waals surface area contributed by atoms with Crippen molar-refractivity contribution < 1.29 is 37.1 Å². The van der Waals surface area contributed by atoms with E-state index in [9.17, 15) is 22.8 Å². The molecule has 4 rings (SSSR count). The molecule has 0 aliphatic carbocycles. The van der Waals surface area contributed by atoms with Gasteiger partial charge in [-0.15, -0.1) is 0 Å². The number of benzene rings is 1. The van der Waals surface area contributed by atoms with Crippen LogP contribution in [0.1, 0.15) is 23.2 Å². The standard InChI is InChI=1S/C27H23ClF3N5O5S/c1-39-24-18(28)5-2-6-20(24)35-25(42)23-19(8-11-36(26(23)38)41-15-37)34-12-16-7-10-32-13-22(16)40-14-21-17(27(29,30)31)4-3-9-33-21/h2-7,9-10,13,15,34H,8,11-12,14H2,1H3,(H,35,42). The molecule has 0 spiro atoms. The Morgan fingerprint density at radius 3 is 2.76 bits per heavy atom. The Kier molecular flexibility index (Phi) is 9.80. The maximum Gasteiger partial charge on any atom is 0.418 e. The number of amides is 1. The predicted molar refractivity (Wildman–Crippen MR) is 149 cm³/mol. The minimum absolute atomic E-state index is 0.00306. The van der Waals surface area contributed by atoms with E-state index >= 15 is 0 Å². The van der Waals surface area contributed by atoms with E-state index in [2.05, 4.69) is 20.6 Å². The van der Waals surface area contributed by atoms with Gasteiger partial charge in [-0.25, -0.2) is 0 Å². The van der Waals surface area contributed by atoms with Crippen molar-refractivity contribution in [2.24, 2.45) is 0 Å². The van der Waals surface area contributed by atoms with Gasteiger partial charge in [0.15, 0.2) is 5.75 Å². The van der Waals surface area contributed by atoms with Gasteiger partial charge < -0.3 is 24.9 Å². The molecule has 0 saturated heterocycles. The quantitative estimate of drug-likeness (QED) is 0.228. The highest BCUT2D eigenvalue weighted by Gasteiger charge is 2.34. The van der Waals surface area contributed by atoms with E-state index < -0.39 is 24.3 Å². The number of nitrogens with one attached hydrogen (secondary N) is 2. The van der Waals surface area contributed by atoms with Crippen molar-refractivity contribution in [3.05, 3.63) is 88.1 Å². The molecule has 0 bridgehead atoms. The first kappa shape index (κ1) is 30.5. The Bertz CT molecular complexity index is 1520. The number of methoxy groups -OCH3 is 1. The third-order valence-corrected chi connectivity index (χ3v) is 6.65. The molecule has 3 heterocycles. The van der Waals surface area contributed by atoms with Crippen molar-refractivity contribution in [2.45, 2.75) is 25.7 Å². The maximum absolute atomic E-state index is 13.4. The van der Waals surface area contributed by atoms with E-state index in [0.717, 1.165) is 11.1 Å². The van der Waals surface area contributed by atoms with E-state index in [0.29, 0.717) is 27.7 Å². The Morgan fingerprint density at radius 2 is 2.02 bits per heavy atom. The van der Waals surface area contributed by atoms with Crippen molar-refractivity contribution in [2.75, 3.05) is 19.0 Å². The fraction of sp³-hybridized carbons (Fsp3) is 0.222. The number of pyridine rings is 2. The summed E-state index contributed by atoms with van der Waals surface area (Å²) in [4.78, 5) is 36.9. The van der Waals surface area contributed by atoms with Crippen LogP contribution in [0.4, 0.5) is 18.9 Å². The number of carbonyl (C=O) groups is 2. The van der Waals surface area contributed by atoms with Gasteiger partial charge >= 0.3 is 12.6 Å². The zero-order valence-corrected chi connectivity index (χ0v) is 23.5. The van der Waals surface area contributed by atoms with Crippen LogP contribution in [0.5, 0.6) is 11.5 Å². The Labute approximate surface area is 248 Å². The molecule has 1 aromatic carbocycles. The molecular weight excluding hydrogens is 599 g/mol. The van der Waals surface area contributed by atoms with Crippen LogP contribution in [0.15, 0.2) is 66.3 Å². The Morgan fingerprint density at radius 1 is 1.21 bits per heavy atom. The number of ether oxygens (including phenoxy) is 2. The number of halogens is 4. The van der Waals surface area contributed by atoms with Gasteiger partial charge in [0.25, 0.3) is 5.91 Å². The molecule has 0 radical (unpaired) electrons. The second-order valence-corrected chi connectivity index (χ2v) is 9.42. The fourth-order valence-electron chi connectivity index (χ4n) is 4.10. The third-order valence-electron chi connectivity index (χ3n) is 6.05. The lowest BCUT2D eigenvalue weighted by Gasteiger charge is -2.29. The SMILES string of the molecule is COc1c(Cl)cccc1NC(=S)C1=C(NCc2ccncc2OCc2ncccc2C(F)(F)F)CCN(OC=O)C1=O. The number of carbonyl (C=O) groups excluding carboxylic acids is 2. The molecule has 1 aliphatic heterocycles. The van der Waals surface area contributed by atoms with Crippen LogP contribution in [0, 0.1) is 0 Å². The molecule has 2 N–H and O–H groups in total. The first-order valence-corrected chi connectivity index (χ1v) is 13.0. The minimum Gasteiger partial charge on any atom is -0.493 e. The van der Waals surface area contributed by atoms with Crippen molar-refractivity contribution in [3.63, 3.8) is 0 Å². The summed E-state index contributed by atoms with van der Waals surface area (Å²) in [5.74, 6) is -0.153. The number of para-hydroxylation sites is 1.